The molecular formula is C3H6NO3S. The number of hydrogen-bond donors (Lipinski definition) is 2. The van der Waals surface area contributed by atoms with Crippen molar-refractivity contribution in [1.82, 2.24) is 5.32 Å². The molecule has 0 spiro atoms. The van der Waals surface area contributed by atoms with Crippen molar-refractivity contribution in [3.8, 4) is 0 Å². The Morgan fingerprint density at radius 3 is 2.25 bits per heavy atom. The lowest BCUT2D eigenvalue weighted by molar-refractivity contribution is -0.116. The van der Waals surface area contributed by atoms with Crippen LogP contribution in [0.15, 0.2) is 0 Å². The summed E-state index contributed by atoms with van der Waals surface area (Å²) in [6, 6.07) is 0. The van der Waals surface area contributed by atoms with Crippen LogP contribution in [0.2, 0.25) is 0 Å². The van der Waals surface area contributed by atoms with Gasteiger partial charge in [0.1, 0.15) is 5.88 Å². The average molecular weight is 136 g/mol. The fourth-order valence-corrected chi connectivity index (χ4v) is 0.458. The molecule has 0 saturated carbocycles. The number of hydrogen-bond acceptors (Lipinski definition) is 3. The van der Waals surface area contributed by atoms with E-state index in [1.54, 1.807) is 0 Å². The first-order chi connectivity index (χ1) is 3.63. The summed E-state index contributed by atoms with van der Waals surface area (Å²) in [7, 11) is -2.50. The number of carbonyl (C=O) groups is 1. The smallest absolute Gasteiger partial charge is 0.221 e. The Morgan fingerprint density at radius 1 is 1.62 bits per heavy atom. The van der Waals surface area contributed by atoms with Gasteiger partial charge in [-0.3, -0.25) is 4.79 Å². The molecule has 5 heteroatoms. The molecule has 0 saturated heterocycles. The highest BCUT2D eigenvalue weighted by Gasteiger charge is 1.87. The summed E-state index contributed by atoms with van der Waals surface area (Å²) in [5, 5.41) is 2.00. The highest BCUT2D eigenvalue weighted by Crippen LogP contribution is 1.59. The molecule has 0 aromatic rings. The molecule has 0 aromatic heterocycles. The molecule has 47 valence electrons. The van der Waals surface area contributed by atoms with Crippen molar-refractivity contribution in [1.29, 1.82) is 0 Å². The predicted molar refractivity (Wildman–Crippen MR) is 28.7 cm³/mol. The normalized spacial score (nSPS) is 9.25. The quantitative estimate of drug-likeness (QED) is 0.454. The molecule has 0 aliphatic heterocycles. The number of carbonyl (C=O) groups excluding carboxylic acids is 1. The van der Waals surface area contributed by atoms with Gasteiger partial charge in [0.2, 0.25) is 5.91 Å². The molecule has 1 amide bonds. The van der Waals surface area contributed by atoms with Crippen LogP contribution in [0.5, 0.6) is 0 Å². The highest BCUT2D eigenvalue weighted by atomic mass is 32.2. The zero-order valence-electron chi connectivity index (χ0n) is 4.09. The van der Waals surface area contributed by atoms with Crippen LogP contribution in [0.3, 0.4) is 0 Å². The first-order valence-electron chi connectivity index (χ1n) is 1.84. The third-order valence-corrected chi connectivity index (χ3v) is 0.822. The van der Waals surface area contributed by atoms with E-state index in [2.05, 4.69) is 6.92 Å². The van der Waals surface area contributed by atoms with Gasteiger partial charge in [-0.1, -0.05) is 0 Å². The van der Waals surface area contributed by atoms with Crippen molar-refractivity contribution >= 4 is 16.6 Å². The van der Waals surface area contributed by atoms with E-state index in [9.17, 15) is 13.2 Å². The molecule has 4 nitrogen and oxygen atoms in total. The zero-order valence-corrected chi connectivity index (χ0v) is 4.98. The molecule has 0 aromatic carbocycles. The fraction of sp³-hybridized carbons (Fsp3) is 0.333. The van der Waals surface area contributed by atoms with Crippen molar-refractivity contribution in [2.75, 3.05) is 5.88 Å². The van der Waals surface area contributed by atoms with Gasteiger partial charge in [0.25, 0.3) is 0 Å². The van der Waals surface area contributed by atoms with Crippen molar-refractivity contribution in [3.05, 3.63) is 6.92 Å². The molecule has 0 aliphatic carbocycles. The number of nitrogens with one attached hydrogen (secondary N) is 1. The summed E-state index contributed by atoms with van der Waals surface area (Å²) >= 11 is 0. The summed E-state index contributed by atoms with van der Waals surface area (Å²) < 4.78 is 19.4. The summed E-state index contributed by atoms with van der Waals surface area (Å²) in [5.74, 6) is -0.901. The molecule has 0 bridgehead atoms. The lowest BCUT2D eigenvalue weighted by Gasteiger charge is -1.89. The van der Waals surface area contributed by atoms with E-state index in [4.69, 9.17) is 0 Å². The minimum atomic E-state index is -2.50. The molecule has 0 atom stereocenters. The molecule has 8 heavy (non-hydrogen) atoms. The maximum Gasteiger partial charge on any atom is 0.221 e. The maximum atomic E-state index is 9.86. The van der Waals surface area contributed by atoms with E-state index in [0.717, 1.165) is 0 Å². The Morgan fingerprint density at radius 2 is 2.12 bits per heavy atom. The zero-order chi connectivity index (χ0) is 6.57. The van der Waals surface area contributed by atoms with Crippen molar-refractivity contribution in [2.45, 2.75) is 0 Å². The van der Waals surface area contributed by atoms with Crippen LogP contribution in [0, 0.1) is 6.92 Å². The molecule has 0 rings (SSSR count). The molecule has 1 N–H and O–H groups in total. The standard InChI is InChI=1S/C3H6NO3S/c1-3(5)4-2-8(6)7/h8H,1-2H2,(H,4,5). The van der Waals surface area contributed by atoms with E-state index in [0.29, 0.717) is 0 Å². The topological polar surface area (TPSA) is 63.2 Å². The molecule has 1 radical (unpaired) electrons. The van der Waals surface area contributed by atoms with Gasteiger partial charge in [0.15, 0.2) is 10.7 Å². The van der Waals surface area contributed by atoms with Gasteiger partial charge in [-0.2, -0.15) is 0 Å². The van der Waals surface area contributed by atoms with Gasteiger partial charge in [-0.05, 0) is 0 Å². The van der Waals surface area contributed by atoms with Crippen LogP contribution in [-0.2, 0) is 15.5 Å². The minimum Gasteiger partial charge on any atom is -0.342 e. The van der Waals surface area contributed by atoms with Crippen molar-refractivity contribution < 1.29 is 13.2 Å². The van der Waals surface area contributed by atoms with Gasteiger partial charge in [0, 0.05) is 6.92 Å². The first-order valence-corrected chi connectivity index (χ1v) is 3.21. The van der Waals surface area contributed by atoms with Crippen LogP contribution in [0.25, 0.3) is 0 Å². The summed E-state index contributed by atoms with van der Waals surface area (Å²) in [4.78, 5) is 9.86. The SMILES string of the molecule is [CH2]C(=O)NC[SH](=O)=O. The van der Waals surface area contributed by atoms with Gasteiger partial charge in [-0.25, -0.2) is 8.42 Å². The monoisotopic (exact) mass is 136 g/mol. The minimum absolute atomic E-state index is 0.322. The fourth-order valence-electron chi connectivity index (χ4n) is 0.153. The van der Waals surface area contributed by atoms with Gasteiger partial charge >= 0.3 is 0 Å². The third kappa shape index (κ3) is 5.42. The summed E-state index contributed by atoms with van der Waals surface area (Å²) in [6.45, 7) is 2.89. The number of amides is 1. The summed E-state index contributed by atoms with van der Waals surface area (Å²) in [5.41, 5.74) is 0. The van der Waals surface area contributed by atoms with E-state index in [-0.39, 0.29) is 5.88 Å². The lowest BCUT2D eigenvalue weighted by Crippen LogP contribution is -2.21. The van der Waals surface area contributed by atoms with E-state index < -0.39 is 16.6 Å². The average Bonchev–Trinajstić information content (AvgIpc) is 1.61. The molecule has 0 heterocycles. The number of thiol groups is 1. The van der Waals surface area contributed by atoms with E-state index in [1.807, 2.05) is 5.32 Å². The highest BCUT2D eigenvalue weighted by molar-refractivity contribution is 7.72. The Balaban J connectivity index is 3.32. The Kier molecular flexibility index (Phi) is 3.18. The predicted octanol–water partition coefficient (Wildman–Crippen LogP) is -1.49. The maximum absolute atomic E-state index is 9.86. The third-order valence-electron chi connectivity index (χ3n) is 0.405. The molecule has 0 aliphatic rings. The van der Waals surface area contributed by atoms with Crippen LogP contribution >= 0.6 is 0 Å². The molecule has 0 fully saturated rings. The Labute approximate surface area is 48.8 Å². The van der Waals surface area contributed by atoms with Crippen molar-refractivity contribution in [3.63, 3.8) is 0 Å². The van der Waals surface area contributed by atoms with Crippen LogP contribution in [0.1, 0.15) is 0 Å². The van der Waals surface area contributed by atoms with Crippen molar-refractivity contribution in [2.24, 2.45) is 0 Å². The molecule has 0 unspecified atom stereocenters. The first kappa shape index (κ1) is 7.42. The van der Waals surface area contributed by atoms with Gasteiger partial charge in [0.05, 0.1) is 0 Å². The largest absolute Gasteiger partial charge is 0.342 e. The second-order valence-electron chi connectivity index (χ2n) is 1.09. The molecular weight excluding hydrogens is 130 g/mol. The van der Waals surface area contributed by atoms with Crippen LogP contribution in [0.4, 0.5) is 0 Å². The Hall–Kier alpha value is -0.580. The summed E-state index contributed by atoms with van der Waals surface area (Å²) in [6.07, 6.45) is 0. The second-order valence-corrected chi connectivity index (χ2v) is 2.07. The Bertz CT molecular complexity index is 143. The van der Waals surface area contributed by atoms with Crippen LogP contribution in [-0.4, -0.2) is 20.2 Å². The van der Waals surface area contributed by atoms with E-state index >= 15 is 0 Å². The lowest BCUT2D eigenvalue weighted by atomic mass is 10.7. The van der Waals surface area contributed by atoms with E-state index in [1.165, 1.54) is 0 Å². The van der Waals surface area contributed by atoms with Crippen LogP contribution < -0.4 is 5.32 Å². The van der Waals surface area contributed by atoms with Gasteiger partial charge in [-0.15, -0.1) is 0 Å². The number of rotatable bonds is 2. The van der Waals surface area contributed by atoms with Gasteiger partial charge < -0.3 is 5.32 Å². The second kappa shape index (κ2) is 3.43.